The summed E-state index contributed by atoms with van der Waals surface area (Å²) in [5.74, 6) is -3.84. The van der Waals surface area contributed by atoms with E-state index in [0.717, 1.165) is 0 Å². The fourth-order valence-electron chi connectivity index (χ4n) is 6.97. The molecule has 1 unspecified atom stereocenters. The summed E-state index contributed by atoms with van der Waals surface area (Å²) in [4.78, 5) is 77.6. The van der Waals surface area contributed by atoms with Crippen LogP contribution in [-0.4, -0.2) is 97.8 Å². The minimum atomic E-state index is -3.87. The van der Waals surface area contributed by atoms with Crippen molar-refractivity contribution >= 4 is 68.9 Å². The normalized spacial score (nSPS) is 20.8. The fraction of sp³-hybridized carbons (Fsp3) is 0.314. The van der Waals surface area contributed by atoms with Crippen LogP contribution in [0.15, 0.2) is 48.5 Å². The summed E-state index contributed by atoms with van der Waals surface area (Å²) in [6, 6.07) is 9.76. The molecule has 3 aromatic carbocycles. The number of carbonyl (C=O) groups is 6. The van der Waals surface area contributed by atoms with Crippen molar-refractivity contribution in [3.8, 4) is 11.5 Å². The molecule has 6 N–H and O–H groups in total. The first-order valence-electron chi connectivity index (χ1n) is 16.8. The third-order valence-corrected chi connectivity index (χ3v) is 11.1. The largest absolute Gasteiger partial charge is 0.506 e. The topological polar surface area (TPSA) is 218 Å². The van der Waals surface area contributed by atoms with E-state index in [-0.39, 0.29) is 55.1 Å². The van der Waals surface area contributed by atoms with E-state index in [4.69, 9.17) is 4.74 Å². The predicted molar refractivity (Wildman–Crippen MR) is 189 cm³/mol. The first kappa shape index (κ1) is 35.7. The number of ether oxygens (including phenoxy) is 1. The molecule has 16 nitrogen and oxygen atoms in total. The average Bonchev–Trinajstić information content (AvgIpc) is 3.60. The third-order valence-electron chi connectivity index (χ3n) is 9.66. The molecule has 0 bridgehead atoms. The lowest BCUT2D eigenvalue weighted by molar-refractivity contribution is -0.137. The quantitative estimate of drug-likeness (QED) is 0.145. The predicted octanol–water partition coefficient (Wildman–Crippen LogP) is 2.16. The van der Waals surface area contributed by atoms with Gasteiger partial charge in [-0.1, -0.05) is 18.2 Å². The Labute approximate surface area is 303 Å². The standard InChI is InChI=1S/C35H35FN6O10S/c36-32-23-14-19(4-6-20(23)15-26(43)33(32)42-17-30(46)39-53(42,50)51)5-8-28(44)37-21-10-12-40(13-11-21)31(47)18-52-27-3-1-2-22-24(27)16-41(35(22)49)25-7-9-29(45)38-34(25)48/h1-6,8,14-15,21,25,43,50-51H,7,9-13,16-18H2,(H,37,44)(H,39,46)(H,38,45,48)/b8-5+. The number of carbonyl (C=O) groups excluding carboxylic acids is 6. The maximum atomic E-state index is 15.6. The van der Waals surface area contributed by atoms with Crippen molar-refractivity contribution in [2.45, 2.75) is 44.3 Å². The number of nitrogens with zero attached hydrogens (tertiary/aromatic N) is 3. The fourth-order valence-corrected chi connectivity index (χ4v) is 8.18. The number of benzene rings is 3. The van der Waals surface area contributed by atoms with Crippen LogP contribution in [0.5, 0.6) is 11.5 Å². The highest BCUT2D eigenvalue weighted by Gasteiger charge is 2.41. The maximum absolute atomic E-state index is 15.6. The molecule has 0 aliphatic carbocycles. The lowest BCUT2D eigenvalue weighted by atomic mass is 10.0. The molecule has 18 heteroatoms. The van der Waals surface area contributed by atoms with E-state index in [9.17, 15) is 43.0 Å². The zero-order valence-electron chi connectivity index (χ0n) is 28.0. The van der Waals surface area contributed by atoms with Crippen molar-refractivity contribution in [3.05, 3.63) is 71.0 Å². The molecule has 0 radical (unpaired) electrons. The highest BCUT2D eigenvalue weighted by molar-refractivity contribution is 8.24. The summed E-state index contributed by atoms with van der Waals surface area (Å²) in [5, 5.41) is 15.9. The van der Waals surface area contributed by atoms with Crippen LogP contribution in [0.1, 0.15) is 47.2 Å². The molecule has 4 aliphatic heterocycles. The van der Waals surface area contributed by atoms with Crippen LogP contribution in [0.2, 0.25) is 0 Å². The molecular formula is C35H35FN6O10S. The van der Waals surface area contributed by atoms with Crippen molar-refractivity contribution in [3.63, 3.8) is 0 Å². The highest BCUT2D eigenvalue weighted by atomic mass is 32.3. The van der Waals surface area contributed by atoms with Crippen LogP contribution < -0.4 is 24.4 Å². The molecule has 4 heterocycles. The number of imide groups is 1. The summed E-state index contributed by atoms with van der Waals surface area (Å²) in [7, 11) is -3.87. The van der Waals surface area contributed by atoms with Crippen molar-refractivity contribution in [1.29, 1.82) is 0 Å². The molecule has 4 aliphatic rings. The highest BCUT2D eigenvalue weighted by Crippen LogP contribution is 2.50. The van der Waals surface area contributed by atoms with Gasteiger partial charge in [-0.05, 0) is 71.5 Å². The Balaban J connectivity index is 0.912. The van der Waals surface area contributed by atoms with Crippen molar-refractivity contribution in [2.24, 2.45) is 0 Å². The number of piperidine rings is 2. The van der Waals surface area contributed by atoms with Crippen molar-refractivity contribution in [2.75, 3.05) is 30.5 Å². The Morgan fingerprint density at radius 1 is 1.02 bits per heavy atom. The molecule has 1 atom stereocenters. The minimum Gasteiger partial charge on any atom is -0.506 e. The Kier molecular flexibility index (Phi) is 9.43. The van der Waals surface area contributed by atoms with Gasteiger partial charge in [0.15, 0.2) is 12.4 Å². The molecule has 3 saturated heterocycles. The molecule has 0 saturated carbocycles. The Morgan fingerprint density at radius 2 is 1.79 bits per heavy atom. The summed E-state index contributed by atoms with van der Waals surface area (Å²) in [5.41, 5.74) is 0.857. The lowest BCUT2D eigenvalue weighted by Crippen LogP contribution is -2.52. The summed E-state index contributed by atoms with van der Waals surface area (Å²) < 4.78 is 44.5. The SMILES string of the molecule is O=C(/C=C/c1ccc2cc(O)c(N3CC(=O)NS3(O)O)c(F)c2c1)NC1CCN(C(=O)COc2cccc3c2CN(C2CCC(=O)NC2=O)C3=O)CC1. The van der Waals surface area contributed by atoms with Gasteiger partial charge in [0.25, 0.3) is 17.7 Å². The smallest absolute Gasteiger partial charge is 0.260 e. The van der Waals surface area contributed by atoms with Crippen LogP contribution in [0.25, 0.3) is 16.8 Å². The van der Waals surface area contributed by atoms with E-state index in [2.05, 4.69) is 10.6 Å². The van der Waals surface area contributed by atoms with Crippen molar-refractivity contribution in [1.82, 2.24) is 25.2 Å². The number of amides is 6. The number of phenolic OH excluding ortho intramolecular Hbond substituents is 1. The second-order valence-electron chi connectivity index (χ2n) is 13.1. The van der Waals surface area contributed by atoms with Gasteiger partial charge < -0.3 is 25.0 Å². The van der Waals surface area contributed by atoms with Crippen molar-refractivity contribution < 1.29 is 52.1 Å². The second kappa shape index (κ2) is 14.0. The molecular weight excluding hydrogens is 715 g/mol. The number of anilines is 1. The molecule has 7 rings (SSSR count). The molecule has 0 spiro atoms. The number of nitrogens with one attached hydrogen (secondary N) is 3. The monoisotopic (exact) mass is 750 g/mol. The van der Waals surface area contributed by atoms with Gasteiger partial charge in [-0.15, -0.1) is 0 Å². The second-order valence-corrected chi connectivity index (χ2v) is 14.8. The van der Waals surface area contributed by atoms with Gasteiger partial charge in [-0.2, -0.15) is 0 Å². The van der Waals surface area contributed by atoms with E-state index in [1.807, 2.05) is 4.72 Å². The zero-order chi connectivity index (χ0) is 37.6. The van der Waals surface area contributed by atoms with Crippen LogP contribution in [0, 0.1) is 5.82 Å². The number of hydrogen-bond acceptors (Lipinski definition) is 11. The minimum absolute atomic E-state index is 0.0234. The maximum Gasteiger partial charge on any atom is 0.260 e. The molecule has 3 fully saturated rings. The molecule has 3 aromatic rings. The van der Waals surface area contributed by atoms with Crippen LogP contribution >= 0.6 is 11.0 Å². The van der Waals surface area contributed by atoms with Gasteiger partial charge >= 0.3 is 0 Å². The Hall–Kier alpha value is -5.72. The third kappa shape index (κ3) is 7.07. The first-order chi connectivity index (χ1) is 25.3. The number of halogens is 1. The Morgan fingerprint density at radius 3 is 2.51 bits per heavy atom. The number of rotatable bonds is 8. The molecule has 53 heavy (non-hydrogen) atoms. The van der Waals surface area contributed by atoms with E-state index < -0.39 is 58.5 Å². The molecule has 6 amide bonds. The van der Waals surface area contributed by atoms with E-state index in [1.54, 1.807) is 29.2 Å². The van der Waals surface area contributed by atoms with Gasteiger partial charge in [-0.25, -0.2) is 13.4 Å². The number of likely N-dealkylation sites (tertiary alicyclic amines) is 1. The summed E-state index contributed by atoms with van der Waals surface area (Å²) >= 11 is 0. The number of phenols is 1. The summed E-state index contributed by atoms with van der Waals surface area (Å²) in [6.45, 7) is 0.0162. The van der Waals surface area contributed by atoms with E-state index in [1.165, 1.54) is 35.3 Å². The van der Waals surface area contributed by atoms with Crippen LogP contribution in [-0.2, 0) is 30.5 Å². The Bertz CT molecular complexity index is 2100. The lowest BCUT2D eigenvalue weighted by Gasteiger charge is -2.36. The van der Waals surface area contributed by atoms with E-state index >= 15 is 4.39 Å². The molecule has 278 valence electrons. The zero-order valence-corrected chi connectivity index (χ0v) is 28.9. The molecule has 0 aromatic heterocycles. The van der Waals surface area contributed by atoms with E-state index in [0.29, 0.717) is 58.1 Å². The van der Waals surface area contributed by atoms with Gasteiger partial charge in [0.1, 0.15) is 29.8 Å². The van der Waals surface area contributed by atoms with Gasteiger partial charge in [0.05, 0.1) is 6.54 Å². The summed E-state index contributed by atoms with van der Waals surface area (Å²) in [6.07, 6.45) is 4.11. The van der Waals surface area contributed by atoms with Gasteiger partial charge in [0, 0.05) is 48.1 Å². The van der Waals surface area contributed by atoms with Crippen LogP contribution in [0.4, 0.5) is 10.1 Å². The van der Waals surface area contributed by atoms with Gasteiger partial charge in [-0.3, -0.25) is 43.2 Å². The first-order valence-corrected chi connectivity index (χ1v) is 18.3. The van der Waals surface area contributed by atoms with Gasteiger partial charge in [0.2, 0.25) is 17.7 Å². The average molecular weight is 751 g/mol. The number of hydrogen-bond donors (Lipinski definition) is 6. The van der Waals surface area contributed by atoms with Crippen LogP contribution in [0.3, 0.4) is 0 Å². The number of aromatic hydroxyl groups is 1. The number of fused-ring (bicyclic) bond motifs is 2.